The molecule has 0 unspecified atom stereocenters. The molecule has 0 aliphatic carbocycles. The maximum absolute atomic E-state index is 5.17. The second-order valence-electron chi connectivity index (χ2n) is 14.5. The number of hydrogen-bond acceptors (Lipinski definition) is 5. The van der Waals surface area contributed by atoms with Gasteiger partial charge in [0.2, 0.25) is 0 Å². The van der Waals surface area contributed by atoms with Gasteiger partial charge in [-0.3, -0.25) is 0 Å². The molecule has 2 heterocycles. The predicted octanol–water partition coefficient (Wildman–Crippen LogP) is 13.7. The summed E-state index contributed by atoms with van der Waals surface area (Å²) < 4.78 is 0. The van der Waals surface area contributed by atoms with Crippen LogP contribution in [0.2, 0.25) is 0 Å². The van der Waals surface area contributed by atoms with Crippen LogP contribution in [0, 0.1) is 0 Å². The van der Waals surface area contributed by atoms with Crippen molar-refractivity contribution < 1.29 is 0 Å². The van der Waals surface area contributed by atoms with Crippen molar-refractivity contribution in [1.29, 1.82) is 0 Å². The van der Waals surface area contributed by atoms with Crippen LogP contribution in [0.15, 0.2) is 224 Å². The van der Waals surface area contributed by atoms with Crippen molar-refractivity contribution in [2.75, 3.05) is 0 Å². The van der Waals surface area contributed by atoms with Crippen molar-refractivity contribution in [2.45, 2.75) is 0 Å². The predicted molar refractivity (Wildman–Crippen MR) is 244 cm³/mol. The van der Waals surface area contributed by atoms with Gasteiger partial charge in [-0.15, -0.1) is 0 Å². The Morgan fingerprint density at radius 2 is 0.533 bits per heavy atom. The molecule has 0 saturated carbocycles. The van der Waals surface area contributed by atoms with E-state index in [0.717, 1.165) is 78.1 Å². The summed E-state index contributed by atoms with van der Waals surface area (Å²) >= 11 is 0. The fourth-order valence-corrected chi connectivity index (χ4v) is 7.52. The Morgan fingerprint density at radius 3 is 1.07 bits per heavy atom. The van der Waals surface area contributed by atoms with Crippen LogP contribution in [0.1, 0.15) is 0 Å². The Bertz CT molecular complexity index is 3010. The first-order chi connectivity index (χ1) is 29.7. The quantitative estimate of drug-likeness (QED) is 0.146. The van der Waals surface area contributed by atoms with E-state index in [2.05, 4.69) is 133 Å². The molecule has 8 aromatic carbocycles. The van der Waals surface area contributed by atoms with Gasteiger partial charge in [0, 0.05) is 33.4 Å². The van der Waals surface area contributed by atoms with Crippen LogP contribution < -0.4 is 0 Å². The van der Waals surface area contributed by atoms with Gasteiger partial charge in [-0.2, -0.15) is 0 Å². The Balaban J connectivity index is 1.06. The molecule has 0 spiro atoms. The number of aromatic nitrogens is 5. The summed E-state index contributed by atoms with van der Waals surface area (Å²) in [5.41, 5.74) is 14.1. The molecule has 10 aromatic rings. The smallest absolute Gasteiger partial charge is 0.164 e. The third-order valence-corrected chi connectivity index (χ3v) is 10.6. The first-order valence-corrected chi connectivity index (χ1v) is 20.0. The lowest BCUT2D eigenvalue weighted by molar-refractivity contribution is 1.07. The van der Waals surface area contributed by atoms with Crippen LogP contribution in [0.5, 0.6) is 0 Å². The molecule has 5 heteroatoms. The molecule has 5 nitrogen and oxygen atoms in total. The van der Waals surface area contributed by atoms with E-state index >= 15 is 0 Å². The van der Waals surface area contributed by atoms with E-state index in [1.165, 1.54) is 0 Å². The molecule has 0 atom stereocenters. The van der Waals surface area contributed by atoms with Crippen LogP contribution in [0.3, 0.4) is 0 Å². The van der Waals surface area contributed by atoms with Crippen molar-refractivity contribution in [3.63, 3.8) is 0 Å². The number of nitrogens with zero attached hydrogens (tertiary/aromatic N) is 5. The minimum absolute atomic E-state index is 0.598. The SMILES string of the molecule is c1ccc(-c2cc(-c3cccc(-c4cccc(-c5nc(-c6ccccc6)nc(-c6ccc(-c7ccccc7)c(-c7ccccc7)c6)n5)c4)c3)nc(-c3ccccc3)n2)cc1. The summed E-state index contributed by atoms with van der Waals surface area (Å²) in [5.74, 6) is 2.50. The summed E-state index contributed by atoms with van der Waals surface area (Å²) in [4.78, 5) is 25.4. The van der Waals surface area contributed by atoms with Gasteiger partial charge in [-0.05, 0) is 57.6 Å². The summed E-state index contributed by atoms with van der Waals surface area (Å²) in [6.07, 6.45) is 0. The lowest BCUT2D eigenvalue weighted by Gasteiger charge is -2.14. The lowest BCUT2D eigenvalue weighted by Crippen LogP contribution is -2.00. The monoisotopic (exact) mass is 767 g/mol. The van der Waals surface area contributed by atoms with Crippen LogP contribution in [0.4, 0.5) is 0 Å². The summed E-state index contributed by atoms with van der Waals surface area (Å²) in [6.45, 7) is 0. The highest BCUT2D eigenvalue weighted by Gasteiger charge is 2.17. The van der Waals surface area contributed by atoms with Crippen molar-refractivity contribution >= 4 is 0 Å². The first-order valence-electron chi connectivity index (χ1n) is 20.0. The largest absolute Gasteiger partial charge is 0.228 e. The minimum atomic E-state index is 0.598. The van der Waals surface area contributed by atoms with Crippen LogP contribution in [-0.4, -0.2) is 24.9 Å². The molecular formula is C55H37N5. The van der Waals surface area contributed by atoms with E-state index in [0.29, 0.717) is 23.3 Å². The lowest BCUT2D eigenvalue weighted by atomic mass is 9.92. The van der Waals surface area contributed by atoms with Gasteiger partial charge in [0.25, 0.3) is 0 Å². The van der Waals surface area contributed by atoms with Gasteiger partial charge in [0.05, 0.1) is 11.4 Å². The first kappa shape index (κ1) is 36.2. The average Bonchev–Trinajstić information content (AvgIpc) is 3.35. The minimum Gasteiger partial charge on any atom is -0.228 e. The van der Waals surface area contributed by atoms with Gasteiger partial charge in [0.15, 0.2) is 23.3 Å². The van der Waals surface area contributed by atoms with E-state index in [-0.39, 0.29) is 0 Å². The summed E-state index contributed by atoms with van der Waals surface area (Å²) in [5, 5.41) is 0. The van der Waals surface area contributed by atoms with E-state index in [1.807, 2.05) is 91.0 Å². The molecule has 0 amide bonds. The molecule has 0 saturated heterocycles. The highest BCUT2D eigenvalue weighted by molar-refractivity contribution is 5.87. The average molecular weight is 768 g/mol. The van der Waals surface area contributed by atoms with E-state index in [1.54, 1.807) is 0 Å². The number of rotatable bonds is 9. The second-order valence-corrected chi connectivity index (χ2v) is 14.5. The third kappa shape index (κ3) is 7.63. The van der Waals surface area contributed by atoms with Gasteiger partial charge in [-0.1, -0.05) is 200 Å². The molecule has 60 heavy (non-hydrogen) atoms. The normalized spacial score (nSPS) is 11.0. The third-order valence-electron chi connectivity index (χ3n) is 10.6. The Kier molecular flexibility index (Phi) is 9.88. The molecule has 2 aromatic heterocycles. The van der Waals surface area contributed by atoms with Gasteiger partial charge < -0.3 is 0 Å². The zero-order valence-corrected chi connectivity index (χ0v) is 32.6. The van der Waals surface area contributed by atoms with E-state index < -0.39 is 0 Å². The van der Waals surface area contributed by atoms with Crippen molar-refractivity contribution in [3.8, 4) is 101 Å². The fraction of sp³-hybridized carbons (Fsp3) is 0. The second kappa shape index (κ2) is 16.4. The van der Waals surface area contributed by atoms with Crippen molar-refractivity contribution in [3.05, 3.63) is 224 Å². The van der Waals surface area contributed by atoms with Gasteiger partial charge >= 0.3 is 0 Å². The van der Waals surface area contributed by atoms with Crippen LogP contribution in [0.25, 0.3) is 101 Å². The highest BCUT2D eigenvalue weighted by Crippen LogP contribution is 2.37. The van der Waals surface area contributed by atoms with Gasteiger partial charge in [-0.25, -0.2) is 24.9 Å². The Labute approximate surface area is 349 Å². The Hall–Kier alpha value is -8.15. The van der Waals surface area contributed by atoms with Crippen molar-refractivity contribution in [2.24, 2.45) is 0 Å². The fourth-order valence-electron chi connectivity index (χ4n) is 7.52. The molecule has 0 N–H and O–H groups in total. The van der Waals surface area contributed by atoms with E-state index in [4.69, 9.17) is 24.9 Å². The Morgan fingerprint density at radius 1 is 0.183 bits per heavy atom. The summed E-state index contributed by atoms with van der Waals surface area (Å²) in [6, 6.07) is 77.0. The topological polar surface area (TPSA) is 64.5 Å². The zero-order valence-electron chi connectivity index (χ0n) is 32.6. The maximum Gasteiger partial charge on any atom is 0.164 e. The van der Waals surface area contributed by atoms with Gasteiger partial charge in [0.1, 0.15) is 0 Å². The number of hydrogen-bond donors (Lipinski definition) is 0. The molecular weight excluding hydrogens is 731 g/mol. The molecule has 282 valence electrons. The van der Waals surface area contributed by atoms with Crippen LogP contribution >= 0.6 is 0 Å². The standard InChI is InChI=1S/C55H37N5/c1-6-18-38(19-7-1)48-33-32-47(36-49(48)39-20-8-2-9-21-39)55-59-53(42-26-14-5-15-27-42)58-54(60-55)46-31-17-29-44(35-46)43-28-16-30-45(34-43)51-37-50(40-22-10-3-11-23-40)56-52(57-51)41-24-12-4-13-25-41/h1-37H. The number of benzene rings is 8. The molecule has 0 bridgehead atoms. The molecule has 0 aliphatic rings. The maximum atomic E-state index is 5.17. The molecule has 0 aliphatic heterocycles. The van der Waals surface area contributed by atoms with E-state index in [9.17, 15) is 0 Å². The molecule has 0 radical (unpaired) electrons. The molecule has 0 fully saturated rings. The highest BCUT2D eigenvalue weighted by atomic mass is 15.0. The molecule has 10 rings (SSSR count). The zero-order chi connectivity index (χ0) is 40.1. The van der Waals surface area contributed by atoms with Crippen LogP contribution in [-0.2, 0) is 0 Å². The summed E-state index contributed by atoms with van der Waals surface area (Å²) in [7, 11) is 0. The van der Waals surface area contributed by atoms with Crippen molar-refractivity contribution in [1.82, 2.24) is 24.9 Å².